The van der Waals surface area contributed by atoms with E-state index in [9.17, 15) is 14.4 Å². The molecule has 0 aliphatic carbocycles. The Morgan fingerprint density at radius 3 is 2.79 bits per heavy atom. The van der Waals surface area contributed by atoms with Gasteiger partial charge in [0.15, 0.2) is 11.2 Å². The molecule has 1 saturated heterocycles. The fourth-order valence-corrected chi connectivity index (χ4v) is 2.89. The third-order valence-electron chi connectivity index (χ3n) is 4.31. The lowest BCUT2D eigenvalue weighted by Crippen LogP contribution is -2.58. The third-order valence-corrected chi connectivity index (χ3v) is 4.31. The lowest BCUT2D eigenvalue weighted by molar-refractivity contribution is -0.153. The predicted octanol–water partition coefficient (Wildman–Crippen LogP) is 0.109. The molecule has 0 saturated carbocycles. The van der Waals surface area contributed by atoms with Crippen LogP contribution in [0, 0.1) is 0 Å². The van der Waals surface area contributed by atoms with Crippen LogP contribution in [0.1, 0.15) is 17.3 Å². The smallest absolute Gasteiger partial charge is 0.408 e. The number of nitrogens with zero attached hydrogens (tertiary/aromatic N) is 2. The van der Waals surface area contributed by atoms with Crippen LogP contribution in [-0.4, -0.2) is 53.6 Å². The van der Waals surface area contributed by atoms with E-state index in [0.717, 1.165) is 0 Å². The Kier molecular flexibility index (Phi) is 3.92. The van der Waals surface area contributed by atoms with Gasteiger partial charge in [0.25, 0.3) is 11.8 Å². The highest BCUT2D eigenvalue weighted by Gasteiger charge is 2.40. The molecule has 2 heterocycles. The summed E-state index contributed by atoms with van der Waals surface area (Å²) < 4.78 is 12.0. The largest absolute Gasteiger partial charge is 0.419 e. The van der Waals surface area contributed by atoms with Crippen LogP contribution in [0.2, 0.25) is 0 Å². The Hall–Kier alpha value is -2.61. The van der Waals surface area contributed by atoms with Gasteiger partial charge in [-0.05, 0) is 25.1 Å². The van der Waals surface area contributed by atoms with E-state index in [0.29, 0.717) is 23.2 Å². The number of oxazole rings is 1. The number of likely N-dealkylation sites (N-methyl/N-ethyl adjacent to an activating group) is 1. The number of carbonyl (C=O) groups is 2. The first-order valence-corrected chi connectivity index (χ1v) is 7.61. The van der Waals surface area contributed by atoms with Crippen LogP contribution in [0.15, 0.2) is 27.4 Å². The highest BCUT2D eigenvalue weighted by atomic mass is 16.5. The Morgan fingerprint density at radius 2 is 2.08 bits per heavy atom. The van der Waals surface area contributed by atoms with E-state index in [2.05, 4.69) is 5.32 Å². The molecule has 1 aromatic heterocycles. The summed E-state index contributed by atoms with van der Waals surface area (Å²) in [5.41, 5.74) is 0.333. The minimum atomic E-state index is -1.07. The van der Waals surface area contributed by atoms with Crippen molar-refractivity contribution < 1.29 is 18.7 Å². The molecule has 0 bridgehead atoms. The van der Waals surface area contributed by atoms with E-state index in [1.165, 1.54) is 11.6 Å². The number of ether oxygens (including phenoxy) is 1. The molecule has 0 spiro atoms. The van der Waals surface area contributed by atoms with Gasteiger partial charge in [-0.2, -0.15) is 0 Å². The summed E-state index contributed by atoms with van der Waals surface area (Å²) in [5.74, 6) is -0.968. The number of morpholine rings is 1. The van der Waals surface area contributed by atoms with Crippen molar-refractivity contribution in [3.05, 3.63) is 34.3 Å². The van der Waals surface area contributed by atoms with Crippen molar-refractivity contribution in [2.75, 3.05) is 26.7 Å². The van der Waals surface area contributed by atoms with Gasteiger partial charge in [0, 0.05) is 26.2 Å². The molecule has 1 aliphatic heterocycles. The number of carbonyl (C=O) groups excluding carboxylic acids is 2. The minimum absolute atomic E-state index is 0.161. The van der Waals surface area contributed by atoms with Crippen molar-refractivity contribution in [2.45, 2.75) is 12.5 Å². The molecule has 1 aromatic carbocycles. The quantitative estimate of drug-likeness (QED) is 0.842. The number of amides is 2. The van der Waals surface area contributed by atoms with E-state index in [1.807, 2.05) is 0 Å². The summed E-state index contributed by atoms with van der Waals surface area (Å²) in [7, 11) is 3.12. The van der Waals surface area contributed by atoms with Crippen LogP contribution in [0.25, 0.3) is 11.1 Å². The first kappa shape index (κ1) is 16.3. The van der Waals surface area contributed by atoms with Gasteiger partial charge in [0.05, 0.1) is 18.7 Å². The molecule has 1 fully saturated rings. The van der Waals surface area contributed by atoms with Gasteiger partial charge < -0.3 is 19.4 Å². The van der Waals surface area contributed by atoms with Gasteiger partial charge in [-0.3, -0.25) is 14.2 Å². The minimum Gasteiger partial charge on any atom is -0.408 e. The summed E-state index contributed by atoms with van der Waals surface area (Å²) in [5, 5.41) is 2.56. The summed E-state index contributed by atoms with van der Waals surface area (Å²) in [6.45, 7) is 2.50. The van der Waals surface area contributed by atoms with Crippen LogP contribution in [-0.2, 0) is 16.6 Å². The van der Waals surface area contributed by atoms with E-state index in [1.54, 1.807) is 37.1 Å². The number of nitrogens with one attached hydrogen (secondary N) is 1. The molecular formula is C16H19N3O5. The molecule has 2 aromatic rings. The van der Waals surface area contributed by atoms with E-state index in [-0.39, 0.29) is 25.0 Å². The van der Waals surface area contributed by atoms with Crippen molar-refractivity contribution >= 4 is 22.9 Å². The number of aromatic nitrogens is 1. The average Bonchev–Trinajstić information content (AvgIpc) is 2.87. The molecule has 3 rings (SSSR count). The number of benzene rings is 1. The molecule has 1 atom stereocenters. The second-order valence-electron chi connectivity index (χ2n) is 5.99. The highest BCUT2D eigenvalue weighted by molar-refractivity contribution is 5.98. The Balaban J connectivity index is 1.90. The maximum atomic E-state index is 12.8. The molecule has 0 unspecified atom stereocenters. The van der Waals surface area contributed by atoms with Gasteiger partial charge in [-0.25, -0.2) is 4.79 Å². The maximum Gasteiger partial charge on any atom is 0.419 e. The Bertz CT molecular complexity index is 868. The maximum absolute atomic E-state index is 12.8. The van der Waals surface area contributed by atoms with Crippen molar-refractivity contribution in [1.82, 2.24) is 14.8 Å². The zero-order valence-electron chi connectivity index (χ0n) is 13.8. The number of hydrogen-bond donors (Lipinski definition) is 1. The van der Waals surface area contributed by atoms with Gasteiger partial charge in [-0.1, -0.05) is 0 Å². The van der Waals surface area contributed by atoms with E-state index in [4.69, 9.17) is 9.15 Å². The molecule has 0 radical (unpaired) electrons. The molecule has 128 valence electrons. The molecule has 1 aliphatic rings. The van der Waals surface area contributed by atoms with Gasteiger partial charge >= 0.3 is 5.76 Å². The van der Waals surface area contributed by atoms with E-state index < -0.39 is 11.4 Å². The lowest BCUT2D eigenvalue weighted by Gasteiger charge is -2.39. The zero-order chi connectivity index (χ0) is 17.5. The summed E-state index contributed by atoms with van der Waals surface area (Å²) in [6, 6.07) is 4.83. The fourth-order valence-electron chi connectivity index (χ4n) is 2.89. The van der Waals surface area contributed by atoms with Crippen LogP contribution in [0.3, 0.4) is 0 Å². The summed E-state index contributed by atoms with van der Waals surface area (Å²) >= 11 is 0. The monoisotopic (exact) mass is 333 g/mol. The van der Waals surface area contributed by atoms with Crippen molar-refractivity contribution in [3.63, 3.8) is 0 Å². The fraction of sp³-hybridized carbons (Fsp3) is 0.438. The first-order chi connectivity index (χ1) is 11.4. The van der Waals surface area contributed by atoms with Gasteiger partial charge in [-0.15, -0.1) is 0 Å². The normalized spacial score (nSPS) is 21.0. The predicted molar refractivity (Wildman–Crippen MR) is 85.8 cm³/mol. The Labute approximate surface area is 138 Å². The van der Waals surface area contributed by atoms with Crippen molar-refractivity contribution in [3.8, 4) is 0 Å². The standard InChI is InChI=1S/C16H19N3O5/c1-16(14(21)17-2)9-19(6-7-23-16)13(20)10-4-5-12-11(8-10)18(3)15(22)24-12/h4-5,8H,6-7,9H2,1-3H3,(H,17,21)/t16-/m1/s1. The number of aryl methyl sites for hydroxylation is 1. The van der Waals surface area contributed by atoms with Crippen LogP contribution < -0.4 is 11.1 Å². The number of fused-ring (bicyclic) bond motifs is 1. The number of rotatable bonds is 2. The SMILES string of the molecule is CNC(=O)[C@@]1(C)CN(C(=O)c2ccc3oc(=O)n(C)c3c2)CCO1. The zero-order valence-corrected chi connectivity index (χ0v) is 13.8. The molecular weight excluding hydrogens is 314 g/mol. The second-order valence-corrected chi connectivity index (χ2v) is 5.99. The molecule has 8 nitrogen and oxygen atoms in total. The average molecular weight is 333 g/mol. The van der Waals surface area contributed by atoms with Crippen LogP contribution in [0.5, 0.6) is 0 Å². The van der Waals surface area contributed by atoms with Crippen LogP contribution in [0.4, 0.5) is 0 Å². The molecule has 1 N–H and O–H groups in total. The van der Waals surface area contributed by atoms with Gasteiger partial charge in [0.1, 0.15) is 0 Å². The number of hydrogen-bond acceptors (Lipinski definition) is 5. The summed E-state index contributed by atoms with van der Waals surface area (Å²) in [4.78, 5) is 37.9. The van der Waals surface area contributed by atoms with Crippen molar-refractivity contribution in [2.24, 2.45) is 7.05 Å². The molecule has 2 amide bonds. The first-order valence-electron chi connectivity index (χ1n) is 7.61. The molecule has 8 heteroatoms. The topological polar surface area (TPSA) is 93.8 Å². The lowest BCUT2D eigenvalue weighted by atomic mass is 10.0. The van der Waals surface area contributed by atoms with Gasteiger partial charge in [0.2, 0.25) is 0 Å². The summed E-state index contributed by atoms with van der Waals surface area (Å²) in [6.07, 6.45) is 0. The van der Waals surface area contributed by atoms with Crippen LogP contribution >= 0.6 is 0 Å². The highest BCUT2D eigenvalue weighted by Crippen LogP contribution is 2.21. The van der Waals surface area contributed by atoms with E-state index >= 15 is 0 Å². The second kappa shape index (κ2) is 5.79. The molecule has 24 heavy (non-hydrogen) atoms. The van der Waals surface area contributed by atoms with Crippen molar-refractivity contribution in [1.29, 1.82) is 0 Å². The Morgan fingerprint density at radius 1 is 1.33 bits per heavy atom. The third kappa shape index (κ3) is 2.58.